The van der Waals surface area contributed by atoms with Gasteiger partial charge in [0.05, 0.1) is 11.8 Å². The van der Waals surface area contributed by atoms with Crippen molar-refractivity contribution in [2.24, 2.45) is 5.41 Å². The van der Waals surface area contributed by atoms with Crippen LogP contribution in [-0.4, -0.2) is 23.5 Å². The Labute approximate surface area is 112 Å². The quantitative estimate of drug-likeness (QED) is 0.820. The first-order chi connectivity index (χ1) is 9.07. The Morgan fingerprint density at radius 2 is 1.89 bits per heavy atom. The van der Waals surface area contributed by atoms with E-state index in [9.17, 15) is 9.59 Å². The van der Waals surface area contributed by atoms with Crippen LogP contribution < -0.4 is 5.32 Å². The Bertz CT molecular complexity index is 492. The van der Waals surface area contributed by atoms with Gasteiger partial charge in [-0.3, -0.25) is 9.59 Å². The summed E-state index contributed by atoms with van der Waals surface area (Å²) in [5.74, 6) is -0.907. The molecule has 0 bridgehead atoms. The highest BCUT2D eigenvalue weighted by Gasteiger charge is 2.50. The number of benzene rings is 1. The van der Waals surface area contributed by atoms with Gasteiger partial charge >= 0.3 is 5.97 Å². The number of nitrogens with one attached hydrogen (secondary N) is 1. The molecule has 0 atom stereocenters. The highest BCUT2D eigenvalue weighted by atomic mass is 16.4. The zero-order valence-electron chi connectivity index (χ0n) is 11.1. The van der Waals surface area contributed by atoms with E-state index in [2.05, 4.69) is 12.2 Å². The van der Waals surface area contributed by atoms with Crippen LogP contribution in [0.15, 0.2) is 24.3 Å². The van der Waals surface area contributed by atoms with Crippen molar-refractivity contribution in [2.75, 3.05) is 6.54 Å². The molecular formula is C15H19NO3. The van der Waals surface area contributed by atoms with Gasteiger partial charge in [-0.25, -0.2) is 0 Å². The van der Waals surface area contributed by atoms with E-state index in [0.29, 0.717) is 19.3 Å². The summed E-state index contributed by atoms with van der Waals surface area (Å²) < 4.78 is 0. The molecule has 1 aromatic carbocycles. The Morgan fingerprint density at radius 1 is 1.26 bits per heavy atom. The number of carboxylic acid groups (broad SMARTS) is 1. The Kier molecular flexibility index (Phi) is 3.88. The molecule has 0 saturated heterocycles. The van der Waals surface area contributed by atoms with Gasteiger partial charge in [0.2, 0.25) is 5.91 Å². The molecule has 0 spiro atoms. The third-order valence-electron chi connectivity index (χ3n) is 3.78. The van der Waals surface area contributed by atoms with Gasteiger partial charge in [0.15, 0.2) is 0 Å². The van der Waals surface area contributed by atoms with Gasteiger partial charge in [-0.05, 0) is 30.4 Å². The predicted molar refractivity (Wildman–Crippen MR) is 71.8 cm³/mol. The molecule has 1 saturated carbocycles. The van der Waals surface area contributed by atoms with E-state index in [1.54, 1.807) is 0 Å². The molecule has 1 aromatic rings. The van der Waals surface area contributed by atoms with Crippen LogP contribution in [0.25, 0.3) is 0 Å². The lowest BCUT2D eigenvalue weighted by molar-refractivity contribution is -0.143. The number of aryl methyl sites for hydroxylation is 1. The molecule has 102 valence electrons. The summed E-state index contributed by atoms with van der Waals surface area (Å²) in [6, 6.07) is 7.84. The first-order valence-corrected chi connectivity index (χ1v) is 6.64. The Morgan fingerprint density at radius 3 is 2.42 bits per heavy atom. The lowest BCUT2D eigenvalue weighted by Crippen LogP contribution is -2.35. The maximum atomic E-state index is 11.9. The predicted octanol–water partition coefficient (Wildman–Crippen LogP) is 1.77. The minimum atomic E-state index is -0.804. The maximum Gasteiger partial charge on any atom is 0.311 e. The Balaban J connectivity index is 1.89. The van der Waals surface area contributed by atoms with Crippen LogP contribution in [0.2, 0.25) is 0 Å². The highest BCUT2D eigenvalue weighted by molar-refractivity contribution is 5.82. The van der Waals surface area contributed by atoms with Crippen molar-refractivity contribution in [1.29, 1.82) is 0 Å². The molecule has 1 fully saturated rings. The summed E-state index contributed by atoms with van der Waals surface area (Å²) >= 11 is 0. The summed E-state index contributed by atoms with van der Waals surface area (Å²) in [5, 5.41) is 11.8. The molecule has 1 amide bonds. The molecule has 1 aliphatic rings. The second-order valence-electron chi connectivity index (χ2n) is 5.16. The highest BCUT2D eigenvalue weighted by Crippen LogP contribution is 2.45. The zero-order chi connectivity index (χ0) is 13.9. The number of amides is 1. The number of hydrogen-bond acceptors (Lipinski definition) is 2. The summed E-state index contributed by atoms with van der Waals surface area (Å²) in [6.07, 6.45) is 2.53. The van der Waals surface area contributed by atoms with Gasteiger partial charge in [-0.2, -0.15) is 0 Å². The smallest absolute Gasteiger partial charge is 0.311 e. The Hall–Kier alpha value is -1.84. The van der Waals surface area contributed by atoms with Gasteiger partial charge in [0, 0.05) is 6.54 Å². The summed E-state index contributed by atoms with van der Waals surface area (Å²) in [6.45, 7) is 2.30. The van der Waals surface area contributed by atoms with E-state index < -0.39 is 11.4 Å². The standard InChI is InChI=1S/C15H19NO3/c1-2-11-5-3-4-6-12(11)9-13(17)16-10-15(7-8-15)14(18)19/h3-6H,2,7-10H2,1H3,(H,16,17)(H,18,19). The fourth-order valence-electron chi connectivity index (χ4n) is 2.20. The van der Waals surface area contributed by atoms with Crippen molar-refractivity contribution < 1.29 is 14.7 Å². The molecule has 19 heavy (non-hydrogen) atoms. The van der Waals surface area contributed by atoms with Crippen LogP contribution in [-0.2, 0) is 22.4 Å². The fraction of sp³-hybridized carbons (Fsp3) is 0.467. The molecule has 4 heteroatoms. The number of hydrogen-bond donors (Lipinski definition) is 2. The molecular weight excluding hydrogens is 242 g/mol. The molecule has 0 unspecified atom stereocenters. The molecule has 2 rings (SSSR count). The minimum Gasteiger partial charge on any atom is -0.481 e. The third-order valence-corrected chi connectivity index (χ3v) is 3.78. The first-order valence-electron chi connectivity index (χ1n) is 6.64. The van der Waals surface area contributed by atoms with E-state index in [4.69, 9.17) is 5.11 Å². The van der Waals surface area contributed by atoms with Crippen LogP contribution in [0.1, 0.15) is 30.9 Å². The van der Waals surface area contributed by atoms with Crippen molar-refractivity contribution in [1.82, 2.24) is 5.32 Å². The average molecular weight is 261 g/mol. The molecule has 2 N–H and O–H groups in total. The lowest BCUT2D eigenvalue weighted by Gasteiger charge is -2.12. The molecule has 0 heterocycles. The van der Waals surface area contributed by atoms with Gasteiger partial charge < -0.3 is 10.4 Å². The van der Waals surface area contributed by atoms with Crippen LogP contribution in [0.4, 0.5) is 0 Å². The summed E-state index contributed by atoms with van der Waals surface area (Å²) in [5.41, 5.74) is 1.49. The van der Waals surface area contributed by atoms with Crippen molar-refractivity contribution in [3.63, 3.8) is 0 Å². The normalized spacial score (nSPS) is 15.8. The van der Waals surface area contributed by atoms with Crippen molar-refractivity contribution in [3.8, 4) is 0 Å². The van der Waals surface area contributed by atoms with Crippen molar-refractivity contribution in [3.05, 3.63) is 35.4 Å². The SMILES string of the molecule is CCc1ccccc1CC(=O)NCC1(C(=O)O)CC1. The van der Waals surface area contributed by atoms with E-state index in [1.807, 2.05) is 24.3 Å². The van der Waals surface area contributed by atoms with Crippen LogP contribution in [0.5, 0.6) is 0 Å². The lowest BCUT2D eigenvalue weighted by atomic mass is 10.0. The zero-order valence-corrected chi connectivity index (χ0v) is 11.1. The summed E-state index contributed by atoms with van der Waals surface area (Å²) in [4.78, 5) is 22.9. The van der Waals surface area contributed by atoms with E-state index in [-0.39, 0.29) is 12.5 Å². The second-order valence-corrected chi connectivity index (χ2v) is 5.16. The number of aliphatic carboxylic acids is 1. The van der Waals surface area contributed by atoms with Gasteiger partial charge in [0.25, 0.3) is 0 Å². The molecule has 1 aliphatic carbocycles. The third kappa shape index (κ3) is 3.13. The molecule has 0 aromatic heterocycles. The first kappa shape index (κ1) is 13.6. The molecule has 0 aliphatic heterocycles. The number of carbonyl (C=O) groups excluding carboxylic acids is 1. The van der Waals surface area contributed by atoms with Gasteiger partial charge in [-0.1, -0.05) is 31.2 Å². The summed E-state index contributed by atoms with van der Waals surface area (Å²) in [7, 11) is 0. The van der Waals surface area contributed by atoms with E-state index in [0.717, 1.165) is 17.5 Å². The largest absolute Gasteiger partial charge is 0.481 e. The van der Waals surface area contributed by atoms with Crippen molar-refractivity contribution >= 4 is 11.9 Å². The van der Waals surface area contributed by atoms with Crippen LogP contribution >= 0.6 is 0 Å². The fourth-order valence-corrected chi connectivity index (χ4v) is 2.20. The number of carboxylic acids is 1. The average Bonchev–Trinajstić information content (AvgIpc) is 3.18. The van der Waals surface area contributed by atoms with Gasteiger partial charge in [-0.15, -0.1) is 0 Å². The van der Waals surface area contributed by atoms with Crippen molar-refractivity contribution in [2.45, 2.75) is 32.6 Å². The topological polar surface area (TPSA) is 66.4 Å². The number of rotatable bonds is 6. The van der Waals surface area contributed by atoms with Crippen LogP contribution in [0.3, 0.4) is 0 Å². The molecule has 4 nitrogen and oxygen atoms in total. The second kappa shape index (κ2) is 5.43. The van der Waals surface area contributed by atoms with Gasteiger partial charge in [0.1, 0.15) is 0 Å². The number of carbonyl (C=O) groups is 2. The molecule has 0 radical (unpaired) electrons. The van der Waals surface area contributed by atoms with Crippen LogP contribution in [0, 0.1) is 5.41 Å². The monoisotopic (exact) mass is 261 g/mol. The minimum absolute atomic E-state index is 0.103. The van der Waals surface area contributed by atoms with E-state index in [1.165, 1.54) is 0 Å². The van der Waals surface area contributed by atoms with E-state index >= 15 is 0 Å². The maximum absolute atomic E-state index is 11.9.